The second-order valence-electron chi connectivity index (χ2n) is 6.41. The molecule has 1 aliphatic rings. The number of fused-ring (bicyclic) bond motifs is 3. The Morgan fingerprint density at radius 1 is 1.14 bits per heavy atom. The van der Waals surface area contributed by atoms with E-state index >= 15 is 0 Å². The molecule has 0 radical (unpaired) electrons. The van der Waals surface area contributed by atoms with Crippen LogP contribution in [0.25, 0.3) is 11.1 Å². The molecule has 0 spiro atoms. The van der Waals surface area contributed by atoms with Gasteiger partial charge in [-0.1, -0.05) is 66.1 Å². The largest absolute Gasteiger partial charge is 0.449 e. The van der Waals surface area contributed by atoms with Crippen LogP contribution >= 0.6 is 11.6 Å². The standard InChI is InChI=1S/C22H17ClN4O2/c23-20-12-26-21(24)19(27-20)10-5-11-25-22(28)29-13-18-16-8-3-1-6-14(16)15-7-2-4-9-17(15)18/h1-4,6-9,12,18H,11,13H2,(H2,24,26)(H,25,28). The molecule has 0 unspecified atom stereocenters. The molecular weight excluding hydrogens is 388 g/mol. The van der Waals surface area contributed by atoms with Crippen LogP contribution in [0.2, 0.25) is 5.15 Å². The third-order valence-corrected chi connectivity index (χ3v) is 4.83. The SMILES string of the molecule is Nc1ncc(Cl)nc1C#CCNC(=O)OCC1c2ccccc2-c2ccccc21. The molecule has 144 valence electrons. The second-order valence-corrected chi connectivity index (χ2v) is 6.79. The maximum Gasteiger partial charge on any atom is 0.407 e. The normalized spacial score (nSPS) is 11.8. The van der Waals surface area contributed by atoms with E-state index in [1.807, 2.05) is 24.3 Å². The van der Waals surface area contributed by atoms with Gasteiger partial charge in [-0.2, -0.15) is 0 Å². The summed E-state index contributed by atoms with van der Waals surface area (Å²) in [4.78, 5) is 19.9. The van der Waals surface area contributed by atoms with Crippen LogP contribution in [0.4, 0.5) is 10.6 Å². The molecule has 0 atom stereocenters. The van der Waals surface area contributed by atoms with Gasteiger partial charge in [-0.05, 0) is 28.2 Å². The van der Waals surface area contributed by atoms with E-state index in [9.17, 15) is 4.79 Å². The topological polar surface area (TPSA) is 90.1 Å². The monoisotopic (exact) mass is 404 g/mol. The number of hydrogen-bond acceptors (Lipinski definition) is 5. The molecule has 6 nitrogen and oxygen atoms in total. The lowest BCUT2D eigenvalue weighted by Gasteiger charge is -2.14. The molecule has 1 aliphatic carbocycles. The van der Waals surface area contributed by atoms with Gasteiger partial charge in [0, 0.05) is 5.92 Å². The summed E-state index contributed by atoms with van der Waals surface area (Å²) in [5.41, 5.74) is 10.6. The number of ether oxygens (including phenoxy) is 1. The highest BCUT2D eigenvalue weighted by atomic mass is 35.5. The number of nitrogens with two attached hydrogens (primary N) is 1. The Kier molecular flexibility index (Phi) is 5.32. The molecule has 1 aromatic heterocycles. The summed E-state index contributed by atoms with van der Waals surface area (Å²) in [6.07, 6.45) is 0.808. The molecule has 3 aromatic rings. The van der Waals surface area contributed by atoms with E-state index < -0.39 is 6.09 Å². The summed E-state index contributed by atoms with van der Waals surface area (Å²) in [6.45, 7) is 0.338. The van der Waals surface area contributed by atoms with E-state index in [4.69, 9.17) is 22.1 Å². The quantitative estimate of drug-likeness (QED) is 0.651. The highest BCUT2D eigenvalue weighted by molar-refractivity contribution is 6.29. The predicted molar refractivity (Wildman–Crippen MR) is 111 cm³/mol. The van der Waals surface area contributed by atoms with E-state index in [-0.39, 0.29) is 35.7 Å². The Morgan fingerprint density at radius 3 is 2.48 bits per heavy atom. The van der Waals surface area contributed by atoms with Crippen LogP contribution in [0, 0.1) is 11.8 Å². The van der Waals surface area contributed by atoms with Gasteiger partial charge in [-0.3, -0.25) is 0 Å². The zero-order valence-corrected chi connectivity index (χ0v) is 16.1. The lowest BCUT2D eigenvalue weighted by molar-refractivity contribution is 0.144. The second kappa shape index (κ2) is 8.21. The number of amides is 1. The number of halogens is 1. The molecule has 29 heavy (non-hydrogen) atoms. The maximum atomic E-state index is 12.1. The van der Waals surface area contributed by atoms with Crippen LogP contribution in [-0.2, 0) is 4.74 Å². The molecule has 0 aliphatic heterocycles. The summed E-state index contributed by atoms with van der Waals surface area (Å²) in [7, 11) is 0. The molecule has 1 heterocycles. The number of anilines is 1. The van der Waals surface area contributed by atoms with Gasteiger partial charge in [0.25, 0.3) is 0 Å². The number of nitrogens with one attached hydrogen (secondary N) is 1. The van der Waals surface area contributed by atoms with Crippen LogP contribution in [0.1, 0.15) is 22.7 Å². The van der Waals surface area contributed by atoms with E-state index in [0.29, 0.717) is 0 Å². The molecule has 0 fully saturated rings. The molecule has 3 N–H and O–H groups in total. The predicted octanol–water partition coefficient (Wildman–Crippen LogP) is 3.60. The number of aromatic nitrogens is 2. The number of benzene rings is 2. The van der Waals surface area contributed by atoms with Gasteiger partial charge < -0.3 is 15.8 Å². The Balaban J connectivity index is 1.36. The summed E-state index contributed by atoms with van der Waals surface area (Å²) < 4.78 is 5.44. The van der Waals surface area contributed by atoms with Gasteiger partial charge in [0.1, 0.15) is 11.8 Å². The number of rotatable bonds is 3. The van der Waals surface area contributed by atoms with Gasteiger partial charge in [-0.25, -0.2) is 14.8 Å². The van der Waals surface area contributed by atoms with E-state index in [1.54, 1.807) is 0 Å². The van der Waals surface area contributed by atoms with Crippen molar-refractivity contribution in [3.05, 3.63) is 76.7 Å². The summed E-state index contributed by atoms with van der Waals surface area (Å²) in [6, 6.07) is 16.4. The fourth-order valence-corrected chi connectivity index (χ4v) is 3.50. The molecular formula is C22H17ClN4O2. The van der Waals surface area contributed by atoms with Crippen LogP contribution in [0.3, 0.4) is 0 Å². The Labute approximate surface area is 173 Å². The van der Waals surface area contributed by atoms with Crippen molar-refractivity contribution in [1.29, 1.82) is 0 Å². The van der Waals surface area contributed by atoms with Crippen molar-refractivity contribution in [2.75, 3.05) is 18.9 Å². The average molecular weight is 405 g/mol. The van der Waals surface area contributed by atoms with Crippen LogP contribution in [0.5, 0.6) is 0 Å². The Morgan fingerprint density at radius 2 is 1.79 bits per heavy atom. The molecule has 2 aromatic carbocycles. The van der Waals surface area contributed by atoms with Gasteiger partial charge in [0.05, 0.1) is 12.7 Å². The number of carbonyl (C=O) groups excluding carboxylic acids is 1. The molecule has 1 amide bonds. The van der Waals surface area contributed by atoms with Crippen LogP contribution in [0.15, 0.2) is 54.7 Å². The molecule has 0 saturated carbocycles. The number of hydrogen-bond donors (Lipinski definition) is 2. The number of nitrogens with zero attached hydrogens (tertiary/aromatic N) is 2. The third-order valence-electron chi connectivity index (χ3n) is 4.64. The highest BCUT2D eigenvalue weighted by Crippen LogP contribution is 2.44. The van der Waals surface area contributed by atoms with Crippen molar-refractivity contribution in [3.8, 4) is 23.0 Å². The van der Waals surface area contributed by atoms with Crippen molar-refractivity contribution < 1.29 is 9.53 Å². The Bertz CT molecular complexity index is 1090. The van der Waals surface area contributed by atoms with Gasteiger partial charge in [0.15, 0.2) is 11.5 Å². The minimum absolute atomic E-state index is 0.0146. The number of alkyl carbamates (subject to hydrolysis) is 1. The molecule has 0 bridgehead atoms. The van der Waals surface area contributed by atoms with Crippen molar-refractivity contribution in [2.45, 2.75) is 5.92 Å². The van der Waals surface area contributed by atoms with Crippen molar-refractivity contribution in [3.63, 3.8) is 0 Å². The minimum Gasteiger partial charge on any atom is -0.449 e. The number of nitrogen functional groups attached to an aromatic ring is 1. The first kappa shape index (κ1) is 18.8. The van der Waals surface area contributed by atoms with E-state index in [1.165, 1.54) is 17.3 Å². The zero-order valence-electron chi connectivity index (χ0n) is 15.4. The summed E-state index contributed by atoms with van der Waals surface area (Å²) in [5.74, 6) is 5.68. The van der Waals surface area contributed by atoms with Crippen LogP contribution < -0.4 is 11.1 Å². The first-order valence-corrected chi connectivity index (χ1v) is 9.37. The lowest BCUT2D eigenvalue weighted by Crippen LogP contribution is -2.26. The zero-order chi connectivity index (χ0) is 20.2. The van der Waals surface area contributed by atoms with Crippen molar-refractivity contribution >= 4 is 23.5 Å². The van der Waals surface area contributed by atoms with Crippen molar-refractivity contribution in [1.82, 2.24) is 15.3 Å². The first-order valence-electron chi connectivity index (χ1n) is 8.99. The highest BCUT2D eigenvalue weighted by Gasteiger charge is 2.28. The molecule has 4 rings (SSSR count). The third kappa shape index (κ3) is 4.00. The Hall–Kier alpha value is -3.56. The maximum absolute atomic E-state index is 12.1. The van der Waals surface area contributed by atoms with Gasteiger partial charge >= 0.3 is 6.09 Å². The minimum atomic E-state index is -0.536. The first-order chi connectivity index (χ1) is 14.1. The van der Waals surface area contributed by atoms with Crippen molar-refractivity contribution in [2.24, 2.45) is 0 Å². The number of carbonyl (C=O) groups is 1. The summed E-state index contributed by atoms with van der Waals surface area (Å²) >= 11 is 5.77. The van der Waals surface area contributed by atoms with E-state index in [0.717, 1.165) is 11.1 Å². The molecule has 0 saturated heterocycles. The average Bonchev–Trinajstić information content (AvgIpc) is 3.06. The fourth-order valence-electron chi connectivity index (χ4n) is 3.36. The van der Waals surface area contributed by atoms with Gasteiger partial charge in [0.2, 0.25) is 0 Å². The van der Waals surface area contributed by atoms with Gasteiger partial charge in [-0.15, -0.1) is 0 Å². The molecule has 7 heteroatoms. The smallest absolute Gasteiger partial charge is 0.407 e. The van der Waals surface area contributed by atoms with Crippen LogP contribution in [-0.4, -0.2) is 29.2 Å². The summed E-state index contributed by atoms with van der Waals surface area (Å²) in [5, 5.41) is 2.80. The fraction of sp³-hybridized carbons (Fsp3) is 0.136. The lowest BCUT2D eigenvalue weighted by atomic mass is 9.98. The van der Waals surface area contributed by atoms with E-state index in [2.05, 4.69) is 51.4 Å².